The van der Waals surface area contributed by atoms with Gasteiger partial charge in [0.1, 0.15) is 17.1 Å². The van der Waals surface area contributed by atoms with E-state index in [1.807, 2.05) is 66.7 Å². The molecule has 3 aliphatic rings. The Balaban J connectivity index is 1.28. The van der Waals surface area contributed by atoms with Crippen LogP contribution in [0, 0.1) is 4.91 Å². The SMILES string of the molecule is C=C1CS[C@H]2C(N3C(=O)C(c4ccccc4)N(N=O)C3(C)C)C(=O)N2C1C(=O)OC(c1ccccc1)c1ccccc1. The first-order chi connectivity index (χ1) is 20.3. The van der Waals surface area contributed by atoms with E-state index in [0.717, 1.165) is 11.1 Å². The summed E-state index contributed by atoms with van der Waals surface area (Å²) in [5, 5.41) is 3.91. The molecule has 0 spiro atoms. The minimum Gasteiger partial charge on any atom is -0.451 e. The van der Waals surface area contributed by atoms with Crippen LogP contribution in [0.15, 0.2) is 108 Å². The van der Waals surface area contributed by atoms with Gasteiger partial charge in [-0.15, -0.1) is 16.7 Å². The number of rotatable bonds is 7. The molecule has 4 atom stereocenters. The van der Waals surface area contributed by atoms with Gasteiger partial charge in [-0.25, -0.2) is 9.80 Å². The second-order valence-electron chi connectivity index (χ2n) is 11.0. The Morgan fingerprint density at radius 1 is 0.929 bits per heavy atom. The normalized spacial score (nSPS) is 24.8. The molecule has 0 bridgehead atoms. The van der Waals surface area contributed by atoms with Crippen molar-refractivity contribution in [2.24, 2.45) is 5.29 Å². The van der Waals surface area contributed by atoms with Gasteiger partial charge in [-0.1, -0.05) is 97.6 Å². The molecule has 0 aromatic heterocycles. The van der Waals surface area contributed by atoms with Crippen molar-refractivity contribution in [2.45, 2.75) is 49.1 Å². The Hall–Kier alpha value is -4.44. The summed E-state index contributed by atoms with van der Waals surface area (Å²) >= 11 is 1.44. The zero-order valence-corrected chi connectivity index (χ0v) is 24.0. The van der Waals surface area contributed by atoms with E-state index in [1.54, 1.807) is 38.1 Å². The predicted molar refractivity (Wildman–Crippen MR) is 158 cm³/mol. The Morgan fingerprint density at radius 2 is 1.48 bits per heavy atom. The first-order valence-electron chi connectivity index (χ1n) is 13.7. The average molecular weight is 583 g/mol. The number of carbonyl (C=O) groups is 3. The summed E-state index contributed by atoms with van der Waals surface area (Å²) in [5.74, 6) is -0.958. The van der Waals surface area contributed by atoms with Crippen molar-refractivity contribution in [3.8, 4) is 0 Å². The fourth-order valence-electron chi connectivity index (χ4n) is 6.14. The molecule has 0 N–H and O–H groups in total. The first kappa shape index (κ1) is 27.7. The van der Waals surface area contributed by atoms with Gasteiger partial charge in [0.25, 0.3) is 11.8 Å². The molecule has 3 saturated heterocycles. The Morgan fingerprint density at radius 3 is 2.02 bits per heavy atom. The smallest absolute Gasteiger partial charge is 0.334 e. The number of hydrogen-bond acceptors (Lipinski definition) is 7. The first-order valence-corrected chi connectivity index (χ1v) is 14.7. The summed E-state index contributed by atoms with van der Waals surface area (Å²) in [6, 6.07) is 24.9. The summed E-state index contributed by atoms with van der Waals surface area (Å²) in [6.45, 7) is 7.51. The summed E-state index contributed by atoms with van der Waals surface area (Å²) in [6.07, 6.45) is -0.675. The van der Waals surface area contributed by atoms with Gasteiger partial charge in [0.15, 0.2) is 18.2 Å². The van der Waals surface area contributed by atoms with Crippen molar-refractivity contribution in [1.29, 1.82) is 0 Å². The highest BCUT2D eigenvalue weighted by atomic mass is 32.2. The molecule has 6 rings (SSSR count). The summed E-state index contributed by atoms with van der Waals surface area (Å²) in [7, 11) is 0. The molecule has 3 heterocycles. The van der Waals surface area contributed by atoms with E-state index in [4.69, 9.17) is 4.74 Å². The summed E-state index contributed by atoms with van der Waals surface area (Å²) in [4.78, 5) is 56.5. The molecule has 9 nitrogen and oxygen atoms in total. The number of benzene rings is 3. The molecule has 2 amide bonds. The number of hydrogen-bond donors (Lipinski definition) is 0. The van der Waals surface area contributed by atoms with Crippen LogP contribution < -0.4 is 0 Å². The molecule has 3 aliphatic heterocycles. The zero-order valence-electron chi connectivity index (χ0n) is 23.2. The molecular formula is C32H30N4O5S. The van der Waals surface area contributed by atoms with Crippen molar-refractivity contribution < 1.29 is 19.1 Å². The third-order valence-corrected chi connectivity index (χ3v) is 9.53. The van der Waals surface area contributed by atoms with Gasteiger partial charge in [0.2, 0.25) is 0 Å². The lowest BCUT2D eigenvalue weighted by Crippen LogP contribution is -2.77. The van der Waals surface area contributed by atoms with Crippen molar-refractivity contribution in [3.63, 3.8) is 0 Å². The highest BCUT2D eigenvalue weighted by molar-refractivity contribution is 8.00. The van der Waals surface area contributed by atoms with Crippen LogP contribution in [0.5, 0.6) is 0 Å². The summed E-state index contributed by atoms with van der Waals surface area (Å²) in [5.41, 5.74) is 1.59. The van der Waals surface area contributed by atoms with Crippen molar-refractivity contribution >= 4 is 29.5 Å². The van der Waals surface area contributed by atoms with E-state index < -0.39 is 47.1 Å². The number of amides is 2. The molecule has 10 heteroatoms. The number of esters is 1. The zero-order chi connectivity index (χ0) is 29.6. The lowest BCUT2D eigenvalue weighted by atomic mass is 9.95. The molecule has 0 saturated carbocycles. The van der Waals surface area contributed by atoms with Crippen molar-refractivity contribution in [1.82, 2.24) is 14.8 Å². The second kappa shape index (κ2) is 10.8. The van der Waals surface area contributed by atoms with Crippen molar-refractivity contribution in [2.75, 3.05) is 5.75 Å². The van der Waals surface area contributed by atoms with Crippen molar-refractivity contribution in [3.05, 3.63) is 125 Å². The van der Waals surface area contributed by atoms with Crippen LogP contribution in [-0.2, 0) is 19.1 Å². The minimum absolute atomic E-state index is 0.388. The molecular weight excluding hydrogens is 552 g/mol. The minimum atomic E-state index is -1.18. The number of fused-ring (bicyclic) bond motifs is 1. The number of carbonyl (C=O) groups excluding carboxylic acids is 3. The standard InChI is InChI=1S/C32H30N4O5S/c1-20-19-42-30-26(35-29(38)25(21-13-7-4-8-14-21)36(33-40)32(35,2)3)28(37)34(30)24(20)31(39)41-27(22-15-9-5-10-16-22)23-17-11-6-12-18-23/h4-18,24-27,30H,1,19H2,2-3H3/t24?,25?,26?,30-/m0/s1. The van der Waals surface area contributed by atoms with Gasteiger partial charge in [-0.05, 0) is 36.1 Å². The van der Waals surface area contributed by atoms with Crippen LogP contribution in [0.4, 0.5) is 0 Å². The van der Waals surface area contributed by atoms with E-state index in [2.05, 4.69) is 11.9 Å². The van der Waals surface area contributed by atoms with Gasteiger partial charge in [0.05, 0.1) is 5.29 Å². The predicted octanol–water partition coefficient (Wildman–Crippen LogP) is 4.83. The third kappa shape index (κ3) is 4.37. The molecule has 214 valence electrons. The van der Waals surface area contributed by atoms with Gasteiger partial charge >= 0.3 is 5.97 Å². The molecule has 3 fully saturated rings. The van der Waals surface area contributed by atoms with Crippen LogP contribution in [0.1, 0.15) is 42.7 Å². The number of β-lactam (4-membered cyclic amide) rings is 1. The van der Waals surface area contributed by atoms with Gasteiger partial charge in [0, 0.05) is 5.75 Å². The Labute approximate surface area is 248 Å². The molecule has 0 radical (unpaired) electrons. The fraction of sp³-hybridized carbons (Fsp3) is 0.281. The maximum absolute atomic E-state index is 13.9. The van der Waals surface area contributed by atoms with Crippen LogP contribution >= 0.6 is 11.8 Å². The largest absolute Gasteiger partial charge is 0.451 e. The molecule has 0 aliphatic carbocycles. The maximum Gasteiger partial charge on any atom is 0.334 e. The quantitative estimate of drug-likeness (QED) is 0.170. The van der Waals surface area contributed by atoms with Gasteiger partial charge in [-0.3, -0.25) is 9.59 Å². The van der Waals surface area contributed by atoms with E-state index in [0.29, 0.717) is 16.9 Å². The lowest BCUT2D eigenvalue weighted by molar-refractivity contribution is -0.175. The average Bonchev–Trinajstić information content (AvgIpc) is 3.21. The topological polar surface area (TPSA) is 99.6 Å². The monoisotopic (exact) mass is 582 g/mol. The summed E-state index contributed by atoms with van der Waals surface area (Å²) < 4.78 is 6.12. The highest BCUT2D eigenvalue weighted by Crippen LogP contribution is 2.49. The molecule has 3 unspecified atom stereocenters. The number of nitrogens with zero attached hydrogens (tertiary/aromatic N) is 4. The van der Waals surface area contributed by atoms with E-state index >= 15 is 0 Å². The van der Waals surface area contributed by atoms with Crippen LogP contribution in [-0.4, -0.2) is 61.5 Å². The third-order valence-electron chi connectivity index (χ3n) is 8.17. The molecule has 3 aromatic rings. The maximum atomic E-state index is 13.9. The number of nitroso groups, excluding NO2 is 1. The van der Waals surface area contributed by atoms with E-state index in [-0.39, 0.29) is 5.91 Å². The molecule has 3 aromatic carbocycles. The Bertz CT molecular complexity index is 1490. The van der Waals surface area contributed by atoms with Gasteiger partial charge in [-0.2, -0.15) is 0 Å². The number of thioether (sulfide) groups is 1. The fourth-order valence-corrected chi connectivity index (χ4v) is 7.49. The van der Waals surface area contributed by atoms with Crippen LogP contribution in [0.3, 0.4) is 0 Å². The van der Waals surface area contributed by atoms with Crippen LogP contribution in [0.25, 0.3) is 0 Å². The highest BCUT2D eigenvalue weighted by Gasteiger charge is 2.65. The second-order valence-corrected chi connectivity index (χ2v) is 12.1. The van der Waals surface area contributed by atoms with Gasteiger partial charge < -0.3 is 14.5 Å². The number of ether oxygens (including phenoxy) is 1. The lowest BCUT2D eigenvalue weighted by Gasteiger charge is -2.56. The molecule has 42 heavy (non-hydrogen) atoms. The van der Waals surface area contributed by atoms with Crippen LogP contribution in [0.2, 0.25) is 0 Å². The van der Waals surface area contributed by atoms with E-state index in [9.17, 15) is 19.3 Å². The Kier molecular flexibility index (Phi) is 7.10. The van der Waals surface area contributed by atoms with E-state index in [1.165, 1.54) is 26.6 Å².